The lowest BCUT2D eigenvalue weighted by Gasteiger charge is -2.12. The van der Waals surface area contributed by atoms with Crippen LogP contribution >= 0.6 is 11.3 Å². The molecule has 5 rings (SSSR count). The van der Waals surface area contributed by atoms with Crippen LogP contribution in [0.2, 0.25) is 0 Å². The van der Waals surface area contributed by atoms with Crippen LogP contribution in [0.5, 0.6) is 11.5 Å². The Balaban J connectivity index is 1.32. The van der Waals surface area contributed by atoms with Crippen LogP contribution in [0.3, 0.4) is 0 Å². The van der Waals surface area contributed by atoms with Gasteiger partial charge in [0.25, 0.3) is 0 Å². The number of benzene rings is 1. The molecule has 0 unspecified atom stereocenters. The Morgan fingerprint density at radius 2 is 2.03 bits per heavy atom. The first-order chi connectivity index (χ1) is 17.5. The standard InChI is InChI=1S/C27H28FN3O4S/c1-16-12-19-22(33-2)7-6-20(28)25(19)31(16)11-10-29-18-8-9-30-21(13-18)24-14-23(35-15-17-4-5-17)26(36-24)27(32)34-3/h6-9,12-14,17H,4-5,10-11,15H2,1-3H3,(H,29,30). The summed E-state index contributed by atoms with van der Waals surface area (Å²) in [5.74, 6) is 1.08. The average Bonchev–Trinajstić information content (AvgIpc) is 3.52. The average molecular weight is 510 g/mol. The first kappa shape index (κ1) is 24.1. The van der Waals surface area contributed by atoms with Gasteiger partial charge in [-0.2, -0.15) is 0 Å². The second kappa shape index (κ2) is 10.2. The van der Waals surface area contributed by atoms with Crippen LogP contribution in [0.1, 0.15) is 28.2 Å². The van der Waals surface area contributed by atoms with Crippen molar-refractivity contribution < 1.29 is 23.4 Å². The zero-order valence-electron chi connectivity index (χ0n) is 20.5. The number of hydrogen-bond donors (Lipinski definition) is 1. The summed E-state index contributed by atoms with van der Waals surface area (Å²) in [4.78, 5) is 18.0. The lowest BCUT2D eigenvalue weighted by atomic mass is 10.2. The van der Waals surface area contributed by atoms with Gasteiger partial charge in [0.1, 0.15) is 17.3 Å². The molecule has 1 aromatic carbocycles. The van der Waals surface area contributed by atoms with Crippen LogP contribution < -0.4 is 14.8 Å². The number of pyridine rings is 1. The molecule has 4 aromatic rings. The Morgan fingerprint density at radius 1 is 1.19 bits per heavy atom. The molecule has 1 N–H and O–H groups in total. The first-order valence-corrected chi connectivity index (χ1v) is 12.7. The Kier molecular flexibility index (Phi) is 6.82. The van der Waals surface area contributed by atoms with Crippen molar-refractivity contribution in [3.05, 3.63) is 59.0 Å². The number of nitrogens with one attached hydrogen (secondary N) is 1. The highest BCUT2D eigenvalue weighted by Crippen LogP contribution is 2.38. The molecule has 1 saturated carbocycles. The van der Waals surface area contributed by atoms with E-state index in [0.29, 0.717) is 47.5 Å². The third-order valence-corrected chi connectivity index (χ3v) is 7.43. The lowest BCUT2D eigenvalue weighted by Crippen LogP contribution is -2.12. The zero-order chi connectivity index (χ0) is 25.2. The highest BCUT2D eigenvalue weighted by atomic mass is 32.1. The van der Waals surface area contributed by atoms with E-state index in [-0.39, 0.29) is 5.82 Å². The van der Waals surface area contributed by atoms with E-state index in [4.69, 9.17) is 14.2 Å². The van der Waals surface area contributed by atoms with E-state index in [0.717, 1.165) is 27.3 Å². The molecule has 0 radical (unpaired) electrons. The van der Waals surface area contributed by atoms with E-state index >= 15 is 0 Å². The lowest BCUT2D eigenvalue weighted by molar-refractivity contribution is 0.0602. The number of methoxy groups -OCH3 is 2. The number of ether oxygens (including phenoxy) is 3. The van der Waals surface area contributed by atoms with Crippen molar-refractivity contribution in [1.82, 2.24) is 9.55 Å². The SMILES string of the molecule is COC(=O)c1sc(-c2cc(NCCn3c(C)cc4c(OC)ccc(F)c43)ccn2)cc1OCC1CC1. The maximum Gasteiger partial charge on any atom is 0.351 e. The second-order valence-corrected chi connectivity index (χ2v) is 9.91. The summed E-state index contributed by atoms with van der Waals surface area (Å²) in [5.41, 5.74) is 3.10. The number of aromatic nitrogens is 2. The topological polar surface area (TPSA) is 74.6 Å². The van der Waals surface area contributed by atoms with Crippen molar-refractivity contribution in [3.63, 3.8) is 0 Å². The molecule has 0 spiro atoms. The molecule has 1 aliphatic carbocycles. The summed E-state index contributed by atoms with van der Waals surface area (Å²) >= 11 is 1.31. The van der Waals surface area contributed by atoms with Gasteiger partial charge in [-0.15, -0.1) is 11.3 Å². The maximum absolute atomic E-state index is 14.6. The number of fused-ring (bicyclic) bond motifs is 1. The molecule has 9 heteroatoms. The van der Waals surface area contributed by atoms with Crippen LogP contribution in [0.4, 0.5) is 10.1 Å². The number of nitrogens with zero attached hydrogens (tertiary/aromatic N) is 2. The molecule has 0 saturated heterocycles. The molecule has 0 bridgehead atoms. The third-order valence-electron chi connectivity index (χ3n) is 6.31. The fraction of sp³-hybridized carbons (Fsp3) is 0.333. The van der Waals surface area contributed by atoms with Gasteiger partial charge in [0.2, 0.25) is 0 Å². The van der Waals surface area contributed by atoms with Gasteiger partial charge in [-0.3, -0.25) is 4.98 Å². The zero-order valence-corrected chi connectivity index (χ0v) is 21.3. The number of thiophene rings is 1. The predicted molar refractivity (Wildman–Crippen MR) is 139 cm³/mol. The van der Waals surface area contributed by atoms with Gasteiger partial charge in [-0.25, -0.2) is 9.18 Å². The van der Waals surface area contributed by atoms with Crippen molar-refractivity contribution >= 4 is 33.9 Å². The number of esters is 1. The highest BCUT2D eigenvalue weighted by molar-refractivity contribution is 7.17. The van der Waals surface area contributed by atoms with Crippen molar-refractivity contribution in [2.75, 3.05) is 32.7 Å². The Morgan fingerprint density at radius 3 is 2.78 bits per heavy atom. The van der Waals surface area contributed by atoms with Crippen LogP contribution in [0.15, 0.2) is 42.6 Å². The molecule has 7 nitrogen and oxygen atoms in total. The molecule has 1 fully saturated rings. The van der Waals surface area contributed by atoms with Crippen LogP contribution in [0, 0.1) is 18.7 Å². The van der Waals surface area contributed by atoms with E-state index in [9.17, 15) is 9.18 Å². The van der Waals surface area contributed by atoms with E-state index in [1.807, 2.05) is 35.8 Å². The van der Waals surface area contributed by atoms with Crippen LogP contribution in [-0.4, -0.2) is 42.9 Å². The summed E-state index contributed by atoms with van der Waals surface area (Å²) in [6.45, 7) is 3.72. The number of rotatable bonds is 10. The van der Waals surface area contributed by atoms with Gasteiger partial charge in [0, 0.05) is 42.1 Å². The Hall–Kier alpha value is -3.59. The van der Waals surface area contributed by atoms with Gasteiger partial charge in [-0.1, -0.05) is 0 Å². The van der Waals surface area contributed by atoms with Crippen molar-refractivity contribution in [1.29, 1.82) is 0 Å². The molecular formula is C27H28FN3O4S. The highest BCUT2D eigenvalue weighted by Gasteiger charge is 2.25. The quantitative estimate of drug-likeness (QED) is 0.268. The molecule has 36 heavy (non-hydrogen) atoms. The van der Waals surface area contributed by atoms with E-state index < -0.39 is 5.97 Å². The molecular weight excluding hydrogens is 481 g/mol. The number of carbonyl (C=O) groups is 1. The number of carbonyl (C=O) groups excluding carboxylic acids is 1. The molecule has 0 amide bonds. The van der Waals surface area contributed by atoms with E-state index in [2.05, 4.69) is 10.3 Å². The number of anilines is 1. The Bertz CT molecular complexity index is 1410. The number of hydrogen-bond acceptors (Lipinski definition) is 7. The fourth-order valence-corrected chi connectivity index (χ4v) is 5.22. The summed E-state index contributed by atoms with van der Waals surface area (Å²) in [6.07, 6.45) is 4.05. The Labute approximate surface area is 212 Å². The molecule has 3 aromatic heterocycles. The second-order valence-electron chi connectivity index (χ2n) is 8.86. The molecule has 188 valence electrons. The minimum Gasteiger partial charge on any atom is -0.496 e. The van der Waals surface area contributed by atoms with Crippen molar-refractivity contribution in [3.8, 4) is 22.1 Å². The predicted octanol–water partition coefficient (Wildman–Crippen LogP) is 5.91. The fourth-order valence-electron chi connectivity index (χ4n) is 4.23. The smallest absolute Gasteiger partial charge is 0.351 e. The molecule has 3 heterocycles. The molecule has 1 aliphatic rings. The summed E-state index contributed by atoms with van der Waals surface area (Å²) in [5, 5.41) is 4.17. The van der Waals surface area contributed by atoms with Gasteiger partial charge in [-0.05, 0) is 56.0 Å². The minimum absolute atomic E-state index is 0.274. The molecule has 0 atom stereocenters. The third kappa shape index (κ3) is 4.88. The minimum atomic E-state index is -0.412. The summed E-state index contributed by atoms with van der Waals surface area (Å²) in [6, 6.07) is 10.7. The van der Waals surface area contributed by atoms with E-state index in [1.54, 1.807) is 19.4 Å². The van der Waals surface area contributed by atoms with Crippen LogP contribution in [-0.2, 0) is 11.3 Å². The normalized spacial score (nSPS) is 13.1. The number of aryl methyl sites for hydroxylation is 1. The summed E-state index contributed by atoms with van der Waals surface area (Å²) in [7, 11) is 2.96. The largest absolute Gasteiger partial charge is 0.496 e. The van der Waals surface area contributed by atoms with Gasteiger partial charge in [0.05, 0.1) is 36.9 Å². The van der Waals surface area contributed by atoms with Crippen molar-refractivity contribution in [2.45, 2.75) is 26.3 Å². The van der Waals surface area contributed by atoms with Gasteiger partial charge >= 0.3 is 5.97 Å². The monoisotopic (exact) mass is 509 g/mol. The van der Waals surface area contributed by atoms with Crippen molar-refractivity contribution in [2.24, 2.45) is 5.92 Å². The van der Waals surface area contributed by atoms with Gasteiger partial charge in [0.15, 0.2) is 4.88 Å². The van der Waals surface area contributed by atoms with Crippen LogP contribution in [0.25, 0.3) is 21.5 Å². The summed E-state index contributed by atoms with van der Waals surface area (Å²) < 4.78 is 32.9. The number of halogens is 1. The first-order valence-electron chi connectivity index (χ1n) is 11.9. The molecule has 0 aliphatic heterocycles. The van der Waals surface area contributed by atoms with E-state index in [1.165, 1.54) is 37.4 Å². The maximum atomic E-state index is 14.6. The van der Waals surface area contributed by atoms with Gasteiger partial charge < -0.3 is 24.1 Å².